The minimum atomic E-state index is -0.152. The van der Waals surface area contributed by atoms with Crippen molar-refractivity contribution in [3.63, 3.8) is 0 Å². The minimum Gasteiger partial charge on any atom is -0.300 e. The van der Waals surface area contributed by atoms with Crippen LogP contribution in [0.3, 0.4) is 0 Å². The number of nitrogens with one attached hydrogen (secondary N) is 1. The summed E-state index contributed by atoms with van der Waals surface area (Å²) >= 11 is 2.68. The van der Waals surface area contributed by atoms with Crippen molar-refractivity contribution >= 4 is 39.8 Å². The lowest BCUT2D eigenvalue weighted by molar-refractivity contribution is -0.113. The predicted molar refractivity (Wildman–Crippen MR) is 105 cm³/mol. The summed E-state index contributed by atoms with van der Waals surface area (Å²) in [6.45, 7) is 3.87. The zero-order chi connectivity index (χ0) is 18.8. The summed E-state index contributed by atoms with van der Waals surface area (Å²) in [6.07, 6.45) is 0. The van der Waals surface area contributed by atoms with Crippen molar-refractivity contribution < 1.29 is 4.79 Å². The number of aryl methyl sites for hydroxylation is 2. The quantitative estimate of drug-likeness (QED) is 0.517. The van der Waals surface area contributed by atoms with E-state index < -0.39 is 0 Å². The number of carbonyl (C=O) groups excluding carboxylic acids is 1. The topological polar surface area (TPSA) is 98.0 Å². The van der Waals surface area contributed by atoms with Crippen molar-refractivity contribution in [2.45, 2.75) is 18.9 Å². The van der Waals surface area contributed by atoms with Crippen molar-refractivity contribution in [3.8, 4) is 11.4 Å². The van der Waals surface area contributed by atoms with Crippen LogP contribution in [0.25, 0.3) is 17.0 Å². The van der Waals surface area contributed by atoms with Crippen molar-refractivity contribution in [2.24, 2.45) is 0 Å². The standard InChI is InChI=1S/C17H15N7OS2/c1-10-3-5-12(6-4-10)16-21-20-13-7-8-15(23-24(13)16)26-9-14(25)18-17-22-19-11(2)27-17/h3-8H,9H2,1-2H3,(H,18,22,25). The molecule has 0 bridgehead atoms. The highest BCUT2D eigenvalue weighted by Gasteiger charge is 2.12. The highest BCUT2D eigenvalue weighted by molar-refractivity contribution is 7.99. The molecule has 1 aromatic carbocycles. The molecule has 10 heteroatoms. The number of aromatic nitrogens is 6. The molecule has 0 aliphatic carbocycles. The fraction of sp³-hybridized carbons (Fsp3) is 0.176. The number of rotatable bonds is 5. The SMILES string of the molecule is Cc1ccc(-c2nnc3ccc(SCC(=O)Nc4nnc(C)s4)nn23)cc1. The fourth-order valence-corrected chi connectivity index (χ4v) is 3.64. The Bertz CT molecular complexity index is 1100. The predicted octanol–water partition coefficient (Wildman–Crippen LogP) is 2.99. The molecule has 0 spiro atoms. The van der Waals surface area contributed by atoms with E-state index in [0.29, 0.717) is 21.6 Å². The van der Waals surface area contributed by atoms with Crippen LogP contribution in [0.15, 0.2) is 41.4 Å². The zero-order valence-electron chi connectivity index (χ0n) is 14.6. The number of benzene rings is 1. The number of anilines is 1. The van der Waals surface area contributed by atoms with Gasteiger partial charge in [-0.3, -0.25) is 10.1 Å². The van der Waals surface area contributed by atoms with Crippen LogP contribution in [0, 0.1) is 13.8 Å². The van der Waals surface area contributed by atoms with E-state index in [9.17, 15) is 4.79 Å². The number of thioether (sulfide) groups is 1. The first-order chi connectivity index (χ1) is 13.1. The summed E-state index contributed by atoms with van der Waals surface area (Å²) in [4.78, 5) is 12.1. The summed E-state index contributed by atoms with van der Waals surface area (Å²) in [7, 11) is 0. The Kier molecular flexibility index (Phi) is 4.82. The van der Waals surface area contributed by atoms with Gasteiger partial charge < -0.3 is 0 Å². The van der Waals surface area contributed by atoms with Crippen molar-refractivity contribution in [2.75, 3.05) is 11.1 Å². The van der Waals surface area contributed by atoms with E-state index in [1.54, 1.807) is 4.52 Å². The van der Waals surface area contributed by atoms with E-state index in [4.69, 9.17) is 0 Å². The van der Waals surface area contributed by atoms with E-state index >= 15 is 0 Å². The van der Waals surface area contributed by atoms with Gasteiger partial charge in [0.25, 0.3) is 0 Å². The van der Waals surface area contributed by atoms with Gasteiger partial charge in [0.05, 0.1) is 5.75 Å². The molecule has 27 heavy (non-hydrogen) atoms. The molecule has 0 fully saturated rings. The van der Waals surface area contributed by atoms with Crippen molar-refractivity contribution in [1.29, 1.82) is 0 Å². The average molecular weight is 397 g/mol. The molecule has 1 N–H and O–H groups in total. The Hall–Kier alpha value is -2.85. The Morgan fingerprint density at radius 3 is 2.63 bits per heavy atom. The number of hydrogen-bond donors (Lipinski definition) is 1. The lowest BCUT2D eigenvalue weighted by atomic mass is 10.1. The molecule has 0 saturated carbocycles. The van der Waals surface area contributed by atoms with Crippen molar-refractivity contribution in [3.05, 3.63) is 47.0 Å². The molecule has 3 heterocycles. The molecule has 8 nitrogen and oxygen atoms in total. The van der Waals surface area contributed by atoms with E-state index in [2.05, 4.69) is 30.8 Å². The van der Waals surface area contributed by atoms with Crippen LogP contribution < -0.4 is 5.32 Å². The van der Waals surface area contributed by atoms with Gasteiger partial charge in [0, 0.05) is 5.56 Å². The van der Waals surface area contributed by atoms with Crippen LogP contribution in [0.4, 0.5) is 5.13 Å². The van der Waals surface area contributed by atoms with Gasteiger partial charge in [-0.25, -0.2) is 0 Å². The van der Waals surface area contributed by atoms with Crippen LogP contribution in [-0.2, 0) is 4.79 Å². The van der Waals surface area contributed by atoms with Crippen LogP contribution in [0.1, 0.15) is 10.6 Å². The second-order valence-electron chi connectivity index (χ2n) is 5.79. The Labute approximate surface area is 163 Å². The smallest absolute Gasteiger partial charge is 0.236 e. The monoisotopic (exact) mass is 397 g/mol. The minimum absolute atomic E-state index is 0.152. The molecule has 4 rings (SSSR count). The second-order valence-corrected chi connectivity index (χ2v) is 7.97. The number of carbonyl (C=O) groups is 1. The van der Waals surface area contributed by atoms with Crippen LogP contribution in [0.2, 0.25) is 0 Å². The third-order valence-corrected chi connectivity index (χ3v) is 5.35. The molecular weight excluding hydrogens is 382 g/mol. The average Bonchev–Trinajstić information content (AvgIpc) is 3.26. The summed E-state index contributed by atoms with van der Waals surface area (Å²) in [6, 6.07) is 11.7. The number of hydrogen-bond acceptors (Lipinski definition) is 8. The maximum atomic E-state index is 12.1. The van der Waals surface area contributed by atoms with Gasteiger partial charge in [-0.15, -0.1) is 20.4 Å². The molecular formula is C17H15N7OS2. The molecule has 0 aliphatic heterocycles. The highest BCUT2D eigenvalue weighted by Crippen LogP contribution is 2.21. The Balaban J connectivity index is 1.50. The van der Waals surface area contributed by atoms with Gasteiger partial charge in [0.15, 0.2) is 11.5 Å². The molecule has 0 unspecified atom stereocenters. The second kappa shape index (κ2) is 7.41. The van der Waals surface area contributed by atoms with Gasteiger partial charge in [0.1, 0.15) is 10.0 Å². The van der Waals surface area contributed by atoms with Gasteiger partial charge in [-0.2, -0.15) is 9.61 Å². The van der Waals surface area contributed by atoms with E-state index in [0.717, 1.165) is 10.6 Å². The highest BCUT2D eigenvalue weighted by atomic mass is 32.2. The largest absolute Gasteiger partial charge is 0.300 e. The Morgan fingerprint density at radius 1 is 1.07 bits per heavy atom. The normalized spacial score (nSPS) is 11.0. The van der Waals surface area contributed by atoms with Crippen LogP contribution >= 0.6 is 23.1 Å². The third-order valence-electron chi connectivity index (χ3n) is 3.67. The summed E-state index contributed by atoms with van der Waals surface area (Å²) in [5.74, 6) is 0.737. The third kappa shape index (κ3) is 3.96. The number of amides is 1. The molecule has 0 aliphatic rings. The first kappa shape index (κ1) is 17.6. The van der Waals surface area contributed by atoms with E-state index in [-0.39, 0.29) is 11.7 Å². The molecule has 4 aromatic rings. The molecule has 1 amide bonds. The number of nitrogens with zero attached hydrogens (tertiary/aromatic N) is 6. The summed E-state index contributed by atoms with van der Waals surface area (Å²) in [5, 5.41) is 25.5. The van der Waals surface area contributed by atoms with Gasteiger partial charge in [-0.05, 0) is 26.0 Å². The van der Waals surface area contributed by atoms with Gasteiger partial charge >= 0.3 is 0 Å². The maximum Gasteiger partial charge on any atom is 0.236 e. The van der Waals surface area contributed by atoms with E-state index in [1.807, 2.05) is 50.2 Å². The maximum absolute atomic E-state index is 12.1. The Morgan fingerprint density at radius 2 is 1.89 bits per heavy atom. The molecule has 0 saturated heterocycles. The fourth-order valence-electron chi connectivity index (χ4n) is 2.37. The first-order valence-electron chi connectivity index (χ1n) is 8.11. The summed E-state index contributed by atoms with van der Waals surface area (Å²) < 4.78 is 1.69. The molecule has 136 valence electrons. The van der Waals surface area contributed by atoms with Gasteiger partial charge in [-0.1, -0.05) is 52.9 Å². The van der Waals surface area contributed by atoms with Crippen molar-refractivity contribution in [1.82, 2.24) is 30.0 Å². The lowest BCUT2D eigenvalue weighted by Crippen LogP contribution is -2.14. The zero-order valence-corrected chi connectivity index (χ0v) is 16.2. The summed E-state index contributed by atoms with van der Waals surface area (Å²) in [5.41, 5.74) is 2.77. The first-order valence-corrected chi connectivity index (χ1v) is 9.91. The lowest BCUT2D eigenvalue weighted by Gasteiger charge is -2.03. The van der Waals surface area contributed by atoms with Gasteiger partial charge in [0.2, 0.25) is 11.0 Å². The molecule has 3 aromatic heterocycles. The molecule has 0 radical (unpaired) electrons. The van der Waals surface area contributed by atoms with Crippen LogP contribution in [0.5, 0.6) is 0 Å². The molecule has 0 atom stereocenters. The van der Waals surface area contributed by atoms with E-state index in [1.165, 1.54) is 28.7 Å². The van der Waals surface area contributed by atoms with Crippen LogP contribution in [-0.4, -0.2) is 41.7 Å². The number of fused-ring (bicyclic) bond motifs is 1.